The first-order valence-electron chi connectivity index (χ1n) is 12.2. The molecule has 11 nitrogen and oxygen atoms in total. The third kappa shape index (κ3) is 7.68. The normalized spacial score (nSPS) is 18.2. The van der Waals surface area contributed by atoms with E-state index in [2.05, 4.69) is 15.5 Å². The topological polar surface area (TPSA) is 147 Å². The predicted molar refractivity (Wildman–Crippen MR) is 121 cm³/mol. The van der Waals surface area contributed by atoms with Gasteiger partial charge in [-0.05, 0) is 33.1 Å². The summed E-state index contributed by atoms with van der Waals surface area (Å²) in [6.07, 6.45) is 8.58. The first-order chi connectivity index (χ1) is 16.1. The molecule has 11 heteroatoms. The fourth-order valence-corrected chi connectivity index (χ4v) is 4.50. The minimum atomic E-state index is -0.577. The molecule has 190 valence electrons. The smallest absolute Gasteiger partial charge is 0.410 e. The van der Waals surface area contributed by atoms with Crippen molar-refractivity contribution in [1.82, 2.24) is 25.8 Å². The van der Waals surface area contributed by atoms with E-state index >= 15 is 0 Å². The van der Waals surface area contributed by atoms with Crippen LogP contribution >= 0.6 is 0 Å². The van der Waals surface area contributed by atoms with Crippen LogP contribution in [-0.2, 0) is 9.53 Å². The molecule has 1 atom stereocenters. The molecule has 3 N–H and O–H groups in total. The maximum Gasteiger partial charge on any atom is 0.410 e. The van der Waals surface area contributed by atoms with Gasteiger partial charge in [-0.3, -0.25) is 14.8 Å². The largest absolute Gasteiger partial charge is 0.444 e. The quantitative estimate of drug-likeness (QED) is 0.361. The number of carbonyl (C=O) groups is 3. The Morgan fingerprint density at radius 3 is 2.56 bits per heavy atom. The van der Waals surface area contributed by atoms with Crippen molar-refractivity contribution in [2.45, 2.75) is 96.1 Å². The van der Waals surface area contributed by atoms with Crippen LogP contribution in [0.4, 0.5) is 4.79 Å². The number of hydrogen-bond acceptors (Lipinski definition) is 8. The Bertz CT molecular complexity index is 839. The van der Waals surface area contributed by atoms with Gasteiger partial charge in [0.25, 0.3) is 11.7 Å². The Hall–Kier alpha value is -2.69. The molecule has 0 radical (unpaired) electrons. The minimum Gasteiger partial charge on any atom is -0.444 e. The second-order valence-electron chi connectivity index (χ2n) is 10.4. The van der Waals surface area contributed by atoms with Gasteiger partial charge in [0.05, 0.1) is 6.04 Å². The summed E-state index contributed by atoms with van der Waals surface area (Å²) in [4.78, 5) is 42.1. The Morgan fingerprint density at radius 2 is 1.91 bits per heavy atom. The second kappa shape index (κ2) is 11.6. The maximum atomic E-state index is 12.5. The van der Waals surface area contributed by atoms with Crippen LogP contribution in [0.15, 0.2) is 4.52 Å². The average molecular weight is 480 g/mol. The number of carbonyl (C=O) groups excluding carboxylic acids is 3. The van der Waals surface area contributed by atoms with Gasteiger partial charge in [-0.15, -0.1) is 0 Å². The van der Waals surface area contributed by atoms with Crippen LogP contribution in [0.3, 0.4) is 0 Å². The van der Waals surface area contributed by atoms with Gasteiger partial charge in [0.2, 0.25) is 11.8 Å². The molecule has 1 unspecified atom stereocenters. The van der Waals surface area contributed by atoms with Crippen LogP contribution in [-0.4, -0.2) is 62.9 Å². The molecule has 2 heterocycles. The van der Waals surface area contributed by atoms with Crippen LogP contribution in [0.1, 0.15) is 101 Å². The molecular weight excluding hydrogens is 442 g/mol. The third-order valence-electron chi connectivity index (χ3n) is 6.31. The molecule has 0 aromatic carbocycles. The SMILES string of the molecule is CC(C)(C)OC(=O)N1CC(NC(=O)c2noc(C(CCCC3CCCCC3)CC(=O)NO)n2)C1. The van der Waals surface area contributed by atoms with E-state index in [0.717, 1.165) is 12.8 Å². The first-order valence-corrected chi connectivity index (χ1v) is 12.2. The summed E-state index contributed by atoms with van der Waals surface area (Å²) < 4.78 is 10.6. The molecule has 34 heavy (non-hydrogen) atoms. The van der Waals surface area contributed by atoms with E-state index in [1.54, 1.807) is 26.3 Å². The molecule has 0 bridgehead atoms. The van der Waals surface area contributed by atoms with Crippen molar-refractivity contribution in [2.24, 2.45) is 5.92 Å². The molecule has 2 aliphatic rings. The summed E-state index contributed by atoms with van der Waals surface area (Å²) in [7, 11) is 0. The number of nitrogens with one attached hydrogen (secondary N) is 2. The van der Waals surface area contributed by atoms with Gasteiger partial charge in [0.1, 0.15) is 5.60 Å². The number of hydroxylamine groups is 1. The lowest BCUT2D eigenvalue weighted by Gasteiger charge is -2.39. The minimum absolute atomic E-state index is 0.00209. The van der Waals surface area contributed by atoms with Crippen LogP contribution in [0.5, 0.6) is 0 Å². The summed E-state index contributed by atoms with van der Waals surface area (Å²) >= 11 is 0. The number of ether oxygens (including phenoxy) is 1. The number of aromatic nitrogens is 2. The standard InChI is InChI=1S/C23H37N5O6/c1-23(2,3)33-22(31)28-13-17(14-28)24-20(30)19-25-21(34-27-19)16(12-18(29)26-32)11-7-10-15-8-5-4-6-9-15/h15-17,32H,4-14H2,1-3H3,(H,24,30)(H,26,29). The molecule has 3 amide bonds. The van der Waals surface area contributed by atoms with Crippen LogP contribution in [0, 0.1) is 5.92 Å². The van der Waals surface area contributed by atoms with Gasteiger partial charge < -0.3 is 19.5 Å². The average Bonchev–Trinajstić information content (AvgIpc) is 3.24. The lowest BCUT2D eigenvalue weighted by atomic mass is 9.84. The number of rotatable bonds is 9. The van der Waals surface area contributed by atoms with E-state index in [9.17, 15) is 14.4 Å². The van der Waals surface area contributed by atoms with E-state index in [4.69, 9.17) is 14.5 Å². The molecular formula is C23H37N5O6. The van der Waals surface area contributed by atoms with E-state index in [-0.39, 0.29) is 30.1 Å². The van der Waals surface area contributed by atoms with Crippen LogP contribution < -0.4 is 10.8 Å². The van der Waals surface area contributed by atoms with Crippen LogP contribution in [0.2, 0.25) is 0 Å². The number of amides is 3. The van der Waals surface area contributed by atoms with Gasteiger partial charge in [-0.2, -0.15) is 4.98 Å². The molecule has 1 saturated carbocycles. The molecule has 1 aromatic rings. The predicted octanol–water partition coefficient (Wildman–Crippen LogP) is 3.15. The highest BCUT2D eigenvalue weighted by molar-refractivity contribution is 5.90. The second-order valence-corrected chi connectivity index (χ2v) is 10.4. The summed E-state index contributed by atoms with van der Waals surface area (Å²) in [5, 5.41) is 15.5. The molecule has 1 saturated heterocycles. The highest BCUT2D eigenvalue weighted by Crippen LogP contribution is 2.31. The van der Waals surface area contributed by atoms with Crippen molar-refractivity contribution in [3.63, 3.8) is 0 Å². The maximum absolute atomic E-state index is 12.5. The Kier molecular flexibility index (Phi) is 8.87. The molecule has 3 rings (SSSR count). The van der Waals surface area contributed by atoms with Gasteiger partial charge in [0, 0.05) is 25.4 Å². The zero-order valence-corrected chi connectivity index (χ0v) is 20.3. The monoisotopic (exact) mass is 479 g/mol. The zero-order valence-electron chi connectivity index (χ0n) is 20.3. The van der Waals surface area contributed by atoms with E-state index in [1.165, 1.54) is 37.0 Å². The zero-order chi connectivity index (χ0) is 24.7. The Labute approximate surface area is 199 Å². The molecule has 1 aliphatic carbocycles. The van der Waals surface area contributed by atoms with E-state index in [1.807, 2.05) is 0 Å². The van der Waals surface area contributed by atoms with Crippen molar-refractivity contribution in [2.75, 3.05) is 13.1 Å². The van der Waals surface area contributed by atoms with Crippen molar-refractivity contribution in [3.05, 3.63) is 11.7 Å². The number of hydrogen-bond donors (Lipinski definition) is 3. The number of likely N-dealkylation sites (tertiary alicyclic amines) is 1. The van der Waals surface area contributed by atoms with Crippen molar-refractivity contribution < 1.29 is 28.9 Å². The van der Waals surface area contributed by atoms with Gasteiger partial charge in [-0.1, -0.05) is 50.1 Å². The van der Waals surface area contributed by atoms with Gasteiger partial charge >= 0.3 is 6.09 Å². The van der Waals surface area contributed by atoms with Gasteiger partial charge in [-0.25, -0.2) is 10.3 Å². The summed E-state index contributed by atoms with van der Waals surface area (Å²) in [5.41, 5.74) is 1.08. The van der Waals surface area contributed by atoms with Crippen LogP contribution in [0.25, 0.3) is 0 Å². The van der Waals surface area contributed by atoms with Crippen molar-refractivity contribution >= 4 is 17.9 Å². The fraction of sp³-hybridized carbons (Fsp3) is 0.783. The highest BCUT2D eigenvalue weighted by atomic mass is 16.6. The van der Waals surface area contributed by atoms with E-state index < -0.39 is 23.5 Å². The highest BCUT2D eigenvalue weighted by Gasteiger charge is 2.35. The third-order valence-corrected chi connectivity index (χ3v) is 6.31. The Morgan fingerprint density at radius 1 is 1.21 bits per heavy atom. The summed E-state index contributed by atoms with van der Waals surface area (Å²) in [6.45, 7) is 6.07. The molecule has 1 aliphatic heterocycles. The lowest BCUT2D eigenvalue weighted by molar-refractivity contribution is -0.129. The summed E-state index contributed by atoms with van der Waals surface area (Å²) in [6, 6.07) is -0.228. The summed E-state index contributed by atoms with van der Waals surface area (Å²) in [5.74, 6) is -0.613. The van der Waals surface area contributed by atoms with Gasteiger partial charge in [0.15, 0.2) is 0 Å². The van der Waals surface area contributed by atoms with E-state index in [0.29, 0.717) is 25.4 Å². The molecule has 0 spiro atoms. The van der Waals surface area contributed by atoms with Crippen molar-refractivity contribution in [3.8, 4) is 0 Å². The van der Waals surface area contributed by atoms with Crippen molar-refractivity contribution in [1.29, 1.82) is 0 Å². The molecule has 1 aromatic heterocycles. The first kappa shape index (κ1) is 25.9. The number of nitrogens with zero attached hydrogens (tertiary/aromatic N) is 3. The Balaban J connectivity index is 1.50. The fourth-order valence-electron chi connectivity index (χ4n) is 4.50. The lowest BCUT2D eigenvalue weighted by Crippen LogP contribution is -2.61. The molecule has 2 fully saturated rings.